The number of carbonyl (C=O) groups excluding carboxylic acids is 1. The Bertz CT molecular complexity index is 462. The molecule has 0 aromatic carbocycles. The molecule has 0 spiro atoms. The summed E-state index contributed by atoms with van der Waals surface area (Å²) in [5.74, 6) is 0.928. The van der Waals surface area contributed by atoms with E-state index >= 15 is 0 Å². The van der Waals surface area contributed by atoms with Gasteiger partial charge in [-0.1, -0.05) is 6.92 Å². The summed E-state index contributed by atoms with van der Waals surface area (Å²) in [5.41, 5.74) is 0. The monoisotopic (exact) mass is 317 g/mol. The highest BCUT2D eigenvalue weighted by Crippen LogP contribution is 2.25. The molecule has 7 heteroatoms. The molecule has 2 heterocycles. The van der Waals surface area contributed by atoms with Gasteiger partial charge in [-0.3, -0.25) is 4.79 Å². The van der Waals surface area contributed by atoms with Gasteiger partial charge in [0.15, 0.2) is 0 Å². The topological polar surface area (TPSA) is 60.9 Å². The van der Waals surface area contributed by atoms with Crippen molar-refractivity contribution in [3.63, 3.8) is 0 Å². The van der Waals surface area contributed by atoms with Crippen LogP contribution in [0, 0.1) is 11.8 Å². The van der Waals surface area contributed by atoms with Crippen LogP contribution >= 0.6 is 0 Å². The van der Waals surface area contributed by atoms with Gasteiger partial charge < -0.3 is 4.90 Å². The largest absolute Gasteiger partial charge is 0.342 e. The molecule has 21 heavy (non-hydrogen) atoms. The number of likely N-dealkylation sites (tertiary alicyclic amines) is 1. The van der Waals surface area contributed by atoms with E-state index in [1.807, 2.05) is 4.90 Å². The summed E-state index contributed by atoms with van der Waals surface area (Å²) in [4.78, 5) is 14.5. The zero-order chi connectivity index (χ0) is 15.6. The first kappa shape index (κ1) is 16.7. The average molecular weight is 317 g/mol. The summed E-state index contributed by atoms with van der Waals surface area (Å²) in [5, 5.41) is 0. The van der Waals surface area contributed by atoms with Gasteiger partial charge in [-0.25, -0.2) is 0 Å². The fourth-order valence-corrected chi connectivity index (χ4v) is 4.19. The summed E-state index contributed by atoms with van der Waals surface area (Å²) >= 11 is 0. The molecule has 1 amide bonds. The van der Waals surface area contributed by atoms with Gasteiger partial charge in [0.25, 0.3) is 10.2 Å². The Kier molecular flexibility index (Phi) is 5.27. The van der Waals surface area contributed by atoms with Gasteiger partial charge >= 0.3 is 0 Å². The maximum Gasteiger partial charge on any atom is 0.281 e. The van der Waals surface area contributed by atoms with Crippen LogP contribution in [0.3, 0.4) is 0 Å². The third-order valence-electron chi connectivity index (χ3n) is 4.69. The highest BCUT2D eigenvalue weighted by Gasteiger charge is 2.34. The van der Waals surface area contributed by atoms with Crippen LogP contribution in [0.2, 0.25) is 0 Å². The molecule has 6 nitrogen and oxygen atoms in total. The van der Waals surface area contributed by atoms with Crippen LogP contribution in [0.1, 0.15) is 32.6 Å². The molecule has 2 aliphatic heterocycles. The van der Waals surface area contributed by atoms with E-state index < -0.39 is 10.2 Å². The molecular weight excluding hydrogens is 290 g/mol. The lowest BCUT2D eigenvalue weighted by Crippen LogP contribution is -2.48. The number of hydrogen-bond acceptors (Lipinski definition) is 3. The number of amides is 1. The van der Waals surface area contributed by atoms with Crippen molar-refractivity contribution in [2.75, 3.05) is 40.3 Å². The number of nitrogens with zero attached hydrogens (tertiary/aromatic N) is 3. The fraction of sp³-hybridized carbons (Fsp3) is 0.929. The van der Waals surface area contributed by atoms with E-state index in [1.165, 1.54) is 8.61 Å². The highest BCUT2D eigenvalue weighted by molar-refractivity contribution is 7.86. The van der Waals surface area contributed by atoms with E-state index in [9.17, 15) is 13.2 Å². The number of hydrogen-bond donors (Lipinski definition) is 0. The number of rotatable bonds is 3. The van der Waals surface area contributed by atoms with Gasteiger partial charge in [0.05, 0.1) is 0 Å². The smallest absolute Gasteiger partial charge is 0.281 e. The lowest BCUT2D eigenvalue weighted by atomic mass is 9.93. The Balaban J connectivity index is 1.88. The lowest BCUT2D eigenvalue weighted by molar-refractivity contribution is -0.138. The van der Waals surface area contributed by atoms with E-state index in [4.69, 9.17) is 0 Å². The molecule has 0 saturated carbocycles. The van der Waals surface area contributed by atoms with E-state index in [1.54, 1.807) is 14.1 Å². The molecule has 0 aromatic rings. The van der Waals surface area contributed by atoms with E-state index in [0.717, 1.165) is 25.9 Å². The molecule has 2 fully saturated rings. The Morgan fingerprint density at radius 1 is 1.00 bits per heavy atom. The van der Waals surface area contributed by atoms with Crippen molar-refractivity contribution in [1.29, 1.82) is 0 Å². The van der Waals surface area contributed by atoms with Crippen LogP contribution in [-0.2, 0) is 15.0 Å². The summed E-state index contributed by atoms with van der Waals surface area (Å²) in [7, 11) is -0.253. The third kappa shape index (κ3) is 3.76. The highest BCUT2D eigenvalue weighted by atomic mass is 32.2. The predicted octanol–water partition coefficient (Wildman–Crippen LogP) is 0.763. The summed E-state index contributed by atoms with van der Waals surface area (Å²) < 4.78 is 26.8. The Morgan fingerprint density at radius 2 is 1.52 bits per heavy atom. The van der Waals surface area contributed by atoms with E-state index in [-0.39, 0.29) is 11.8 Å². The minimum absolute atomic E-state index is 0.00739. The van der Waals surface area contributed by atoms with Crippen LogP contribution in [0.15, 0.2) is 0 Å². The van der Waals surface area contributed by atoms with Gasteiger partial charge in [-0.05, 0) is 31.6 Å². The molecule has 0 unspecified atom stereocenters. The second kappa shape index (κ2) is 6.62. The predicted molar refractivity (Wildman–Crippen MR) is 81.9 cm³/mol. The maximum atomic E-state index is 12.5. The zero-order valence-electron chi connectivity index (χ0n) is 13.3. The Labute approximate surface area is 128 Å². The lowest BCUT2D eigenvalue weighted by Gasteiger charge is -2.36. The van der Waals surface area contributed by atoms with Crippen LogP contribution in [0.4, 0.5) is 0 Å². The minimum Gasteiger partial charge on any atom is -0.342 e. The standard InChI is InChI=1S/C14H27N3O3S/c1-12-4-8-16(9-5-12)14(18)13-6-10-17(11-7-13)21(19,20)15(2)3/h12-13H,4-11H2,1-3H3. The molecule has 2 aliphatic rings. The molecule has 122 valence electrons. The van der Waals surface area contributed by atoms with Crippen LogP contribution in [-0.4, -0.2) is 68.1 Å². The quantitative estimate of drug-likeness (QED) is 0.772. The second-order valence-electron chi connectivity index (χ2n) is 6.47. The summed E-state index contributed by atoms with van der Waals surface area (Å²) in [6.45, 7) is 4.83. The molecule has 2 rings (SSSR count). The van der Waals surface area contributed by atoms with Gasteiger partial charge in [-0.2, -0.15) is 17.0 Å². The minimum atomic E-state index is -3.34. The Morgan fingerprint density at radius 3 is 2.00 bits per heavy atom. The summed E-state index contributed by atoms with van der Waals surface area (Å²) in [6, 6.07) is 0. The van der Waals surface area contributed by atoms with Gasteiger partial charge in [0.2, 0.25) is 5.91 Å². The summed E-state index contributed by atoms with van der Waals surface area (Å²) in [6.07, 6.45) is 3.44. The SMILES string of the molecule is CC1CCN(C(=O)C2CCN(S(=O)(=O)N(C)C)CC2)CC1. The Hall–Kier alpha value is -0.660. The molecule has 0 radical (unpaired) electrons. The second-order valence-corrected chi connectivity index (χ2v) is 8.61. The molecule has 0 bridgehead atoms. The van der Waals surface area contributed by atoms with Crippen molar-refractivity contribution in [3.05, 3.63) is 0 Å². The molecule has 0 atom stereocenters. The van der Waals surface area contributed by atoms with Crippen molar-refractivity contribution in [2.24, 2.45) is 11.8 Å². The van der Waals surface area contributed by atoms with Gasteiger partial charge in [0.1, 0.15) is 0 Å². The molecule has 0 aromatic heterocycles. The maximum absolute atomic E-state index is 12.5. The van der Waals surface area contributed by atoms with Crippen LogP contribution in [0.5, 0.6) is 0 Å². The van der Waals surface area contributed by atoms with Crippen molar-refractivity contribution in [3.8, 4) is 0 Å². The van der Waals surface area contributed by atoms with Crippen LogP contribution in [0.25, 0.3) is 0 Å². The van der Waals surface area contributed by atoms with Crippen LogP contribution < -0.4 is 0 Å². The van der Waals surface area contributed by atoms with Crippen molar-refractivity contribution in [2.45, 2.75) is 32.6 Å². The molecule has 0 aliphatic carbocycles. The van der Waals surface area contributed by atoms with Crippen molar-refractivity contribution in [1.82, 2.24) is 13.5 Å². The third-order valence-corrected chi connectivity index (χ3v) is 6.63. The average Bonchev–Trinajstić information content (AvgIpc) is 2.47. The van der Waals surface area contributed by atoms with Crippen molar-refractivity contribution >= 4 is 16.1 Å². The normalized spacial score (nSPS) is 23.7. The number of piperidine rings is 2. The first-order chi connectivity index (χ1) is 9.82. The zero-order valence-corrected chi connectivity index (χ0v) is 14.1. The molecular formula is C14H27N3O3S. The van der Waals surface area contributed by atoms with E-state index in [0.29, 0.717) is 31.8 Å². The molecule has 0 N–H and O–H groups in total. The first-order valence-electron chi connectivity index (χ1n) is 7.78. The fourth-order valence-electron chi connectivity index (χ4n) is 3.05. The van der Waals surface area contributed by atoms with Gasteiger partial charge in [-0.15, -0.1) is 0 Å². The molecule has 2 saturated heterocycles. The van der Waals surface area contributed by atoms with E-state index in [2.05, 4.69) is 6.92 Å². The van der Waals surface area contributed by atoms with Gasteiger partial charge in [0, 0.05) is 46.2 Å². The first-order valence-corrected chi connectivity index (χ1v) is 9.18. The van der Waals surface area contributed by atoms with Crippen molar-refractivity contribution < 1.29 is 13.2 Å². The number of carbonyl (C=O) groups is 1.